The van der Waals surface area contributed by atoms with Crippen LogP contribution in [0.2, 0.25) is 0 Å². The van der Waals surface area contributed by atoms with E-state index >= 15 is 0 Å². The van der Waals surface area contributed by atoms with Gasteiger partial charge in [0.25, 0.3) is 0 Å². The molecule has 0 aliphatic carbocycles. The maximum Gasteiger partial charge on any atom is 0.246 e. The highest BCUT2D eigenvalue weighted by Gasteiger charge is 2.10. The Bertz CT molecular complexity index is 731. The average Bonchev–Trinajstić information content (AvgIpc) is 2.65. The Morgan fingerprint density at radius 2 is 1.88 bits per heavy atom. The highest BCUT2D eigenvalue weighted by atomic mass is 16.5. The number of carbonyl (C=O) groups excluding carboxylic acids is 1. The Kier molecular flexibility index (Phi) is 7.27. The molecule has 25 heavy (non-hydrogen) atoms. The molecule has 0 heterocycles. The van der Waals surface area contributed by atoms with Gasteiger partial charge < -0.3 is 9.64 Å². The molecule has 0 N–H and O–H groups in total. The Morgan fingerprint density at radius 1 is 1.16 bits per heavy atom. The summed E-state index contributed by atoms with van der Waals surface area (Å²) in [6, 6.07) is 19.5. The Hall–Kier alpha value is -3.06. The summed E-state index contributed by atoms with van der Waals surface area (Å²) in [6.45, 7) is 3.48. The van der Waals surface area contributed by atoms with E-state index in [0.29, 0.717) is 26.1 Å². The Morgan fingerprint density at radius 3 is 2.52 bits per heavy atom. The molecular weight excluding hydrogens is 312 g/mol. The Labute approximate surface area is 149 Å². The second-order valence-electron chi connectivity index (χ2n) is 5.49. The van der Waals surface area contributed by atoms with Gasteiger partial charge in [0, 0.05) is 19.2 Å². The first-order valence-electron chi connectivity index (χ1n) is 8.33. The number of carbonyl (C=O) groups is 1. The van der Waals surface area contributed by atoms with E-state index in [-0.39, 0.29) is 5.91 Å². The van der Waals surface area contributed by atoms with Crippen LogP contribution >= 0.6 is 0 Å². The number of ether oxygens (including phenoxy) is 1. The molecule has 0 aliphatic heterocycles. The van der Waals surface area contributed by atoms with Crippen molar-refractivity contribution in [1.29, 1.82) is 5.26 Å². The van der Waals surface area contributed by atoms with Crippen molar-refractivity contribution in [2.75, 3.05) is 13.2 Å². The molecule has 0 fully saturated rings. The molecule has 2 aromatic carbocycles. The van der Waals surface area contributed by atoms with Gasteiger partial charge in [-0.1, -0.05) is 42.5 Å². The van der Waals surface area contributed by atoms with Crippen molar-refractivity contribution in [2.45, 2.75) is 19.9 Å². The van der Waals surface area contributed by atoms with Gasteiger partial charge in [0.2, 0.25) is 5.91 Å². The van der Waals surface area contributed by atoms with Crippen LogP contribution in [0.4, 0.5) is 0 Å². The van der Waals surface area contributed by atoms with Crippen LogP contribution in [0.5, 0.6) is 5.75 Å². The standard InChI is InChI=1S/C21H22N2O2/c1-2-25-20-12-9-18(10-13-20)11-14-21(24)23(16-6-15-22)17-19-7-4-3-5-8-19/h3-5,7-14H,2,6,16-17H2,1H3/b14-11+. The molecule has 128 valence electrons. The molecule has 0 atom stereocenters. The first kappa shape index (κ1) is 18.3. The van der Waals surface area contributed by atoms with Crippen molar-refractivity contribution in [3.8, 4) is 11.8 Å². The topological polar surface area (TPSA) is 53.3 Å². The van der Waals surface area contributed by atoms with Crippen LogP contribution in [0.15, 0.2) is 60.7 Å². The molecule has 4 heteroatoms. The Balaban J connectivity index is 2.03. The smallest absolute Gasteiger partial charge is 0.246 e. The van der Waals surface area contributed by atoms with Gasteiger partial charge in [-0.3, -0.25) is 4.79 Å². The number of hydrogen-bond donors (Lipinski definition) is 0. The lowest BCUT2D eigenvalue weighted by molar-refractivity contribution is -0.126. The molecule has 1 amide bonds. The molecule has 0 bridgehead atoms. The third kappa shape index (κ3) is 6.15. The van der Waals surface area contributed by atoms with Gasteiger partial charge in [0.05, 0.1) is 19.1 Å². The van der Waals surface area contributed by atoms with E-state index < -0.39 is 0 Å². The van der Waals surface area contributed by atoms with Crippen LogP contribution in [0.1, 0.15) is 24.5 Å². The molecule has 0 saturated heterocycles. The average molecular weight is 334 g/mol. The molecule has 2 aromatic rings. The van der Waals surface area contributed by atoms with Crippen molar-refractivity contribution in [2.24, 2.45) is 0 Å². The monoisotopic (exact) mass is 334 g/mol. The van der Waals surface area contributed by atoms with Gasteiger partial charge in [-0.05, 0) is 36.3 Å². The summed E-state index contributed by atoms with van der Waals surface area (Å²) in [6.07, 6.45) is 3.65. The van der Waals surface area contributed by atoms with Gasteiger partial charge in [-0.2, -0.15) is 5.26 Å². The SMILES string of the molecule is CCOc1ccc(/C=C/C(=O)N(CCC#N)Cc2ccccc2)cc1. The summed E-state index contributed by atoms with van der Waals surface area (Å²) in [5, 5.41) is 8.82. The van der Waals surface area contributed by atoms with Crippen LogP contribution in [-0.4, -0.2) is 24.0 Å². The fourth-order valence-corrected chi connectivity index (χ4v) is 2.37. The predicted molar refractivity (Wildman–Crippen MR) is 98.7 cm³/mol. The van der Waals surface area contributed by atoms with Crippen LogP contribution in [0.25, 0.3) is 6.08 Å². The van der Waals surface area contributed by atoms with Crippen molar-refractivity contribution in [3.05, 3.63) is 71.8 Å². The first-order valence-corrected chi connectivity index (χ1v) is 8.33. The predicted octanol–water partition coefficient (Wildman–Crippen LogP) is 4.04. The highest BCUT2D eigenvalue weighted by Crippen LogP contribution is 2.13. The summed E-state index contributed by atoms with van der Waals surface area (Å²) in [5.41, 5.74) is 1.97. The minimum absolute atomic E-state index is 0.104. The fourth-order valence-electron chi connectivity index (χ4n) is 2.37. The van der Waals surface area contributed by atoms with Crippen molar-refractivity contribution in [3.63, 3.8) is 0 Å². The molecular formula is C21H22N2O2. The molecule has 0 aromatic heterocycles. The third-order valence-electron chi connectivity index (χ3n) is 3.63. The van der Waals surface area contributed by atoms with Crippen LogP contribution in [-0.2, 0) is 11.3 Å². The number of benzene rings is 2. The van der Waals surface area contributed by atoms with Crippen LogP contribution in [0, 0.1) is 11.3 Å². The number of amides is 1. The first-order chi connectivity index (χ1) is 12.2. The number of nitriles is 1. The second-order valence-corrected chi connectivity index (χ2v) is 5.49. The van der Waals surface area contributed by atoms with Gasteiger partial charge >= 0.3 is 0 Å². The van der Waals surface area contributed by atoms with E-state index in [1.807, 2.05) is 61.5 Å². The fraction of sp³-hybridized carbons (Fsp3) is 0.238. The zero-order chi connectivity index (χ0) is 17.9. The van der Waals surface area contributed by atoms with E-state index in [1.165, 1.54) is 0 Å². The van der Waals surface area contributed by atoms with Crippen LogP contribution in [0.3, 0.4) is 0 Å². The minimum Gasteiger partial charge on any atom is -0.494 e. The summed E-state index contributed by atoms with van der Waals surface area (Å²) < 4.78 is 5.41. The minimum atomic E-state index is -0.104. The normalized spacial score (nSPS) is 10.4. The summed E-state index contributed by atoms with van der Waals surface area (Å²) in [4.78, 5) is 14.2. The van der Waals surface area contributed by atoms with Gasteiger partial charge in [-0.25, -0.2) is 0 Å². The molecule has 0 radical (unpaired) electrons. The molecule has 0 unspecified atom stereocenters. The van der Waals surface area contributed by atoms with E-state index in [9.17, 15) is 4.79 Å². The highest BCUT2D eigenvalue weighted by molar-refractivity contribution is 5.91. The largest absolute Gasteiger partial charge is 0.494 e. The lowest BCUT2D eigenvalue weighted by atomic mass is 10.2. The van der Waals surface area contributed by atoms with Crippen molar-refractivity contribution >= 4 is 12.0 Å². The molecule has 0 aliphatic rings. The van der Waals surface area contributed by atoms with Gasteiger partial charge in [0.15, 0.2) is 0 Å². The van der Waals surface area contributed by atoms with Gasteiger partial charge in [-0.15, -0.1) is 0 Å². The summed E-state index contributed by atoms with van der Waals surface area (Å²) in [7, 11) is 0. The molecule has 2 rings (SSSR count). The third-order valence-corrected chi connectivity index (χ3v) is 3.63. The maximum absolute atomic E-state index is 12.5. The van der Waals surface area contributed by atoms with Gasteiger partial charge in [0.1, 0.15) is 5.75 Å². The van der Waals surface area contributed by atoms with E-state index in [0.717, 1.165) is 16.9 Å². The lowest BCUT2D eigenvalue weighted by Crippen LogP contribution is -2.29. The summed E-state index contributed by atoms with van der Waals surface area (Å²) >= 11 is 0. The number of nitrogens with zero attached hydrogens (tertiary/aromatic N) is 2. The number of hydrogen-bond acceptors (Lipinski definition) is 3. The van der Waals surface area contributed by atoms with Crippen molar-refractivity contribution in [1.82, 2.24) is 4.90 Å². The molecule has 0 spiro atoms. The molecule has 0 saturated carbocycles. The quantitative estimate of drug-likeness (QED) is 0.685. The van der Waals surface area contributed by atoms with Crippen molar-refractivity contribution < 1.29 is 9.53 Å². The zero-order valence-corrected chi connectivity index (χ0v) is 14.4. The van der Waals surface area contributed by atoms with E-state index in [2.05, 4.69) is 6.07 Å². The second kappa shape index (κ2) is 9.94. The van der Waals surface area contributed by atoms with Crippen LogP contribution < -0.4 is 4.74 Å². The lowest BCUT2D eigenvalue weighted by Gasteiger charge is -2.20. The number of rotatable bonds is 8. The maximum atomic E-state index is 12.5. The zero-order valence-electron chi connectivity index (χ0n) is 14.4. The van der Waals surface area contributed by atoms with E-state index in [4.69, 9.17) is 10.00 Å². The summed E-state index contributed by atoms with van der Waals surface area (Å²) in [5.74, 6) is 0.707. The van der Waals surface area contributed by atoms with E-state index in [1.54, 1.807) is 17.1 Å². The molecule has 4 nitrogen and oxygen atoms in total.